The van der Waals surface area contributed by atoms with Crippen LogP contribution in [-0.4, -0.2) is 27.2 Å². The van der Waals surface area contributed by atoms with Gasteiger partial charge in [0.15, 0.2) is 0 Å². The highest BCUT2D eigenvalue weighted by molar-refractivity contribution is 5.76. The predicted molar refractivity (Wildman–Crippen MR) is 69.2 cm³/mol. The van der Waals surface area contributed by atoms with Crippen LogP contribution in [0, 0.1) is 0 Å². The van der Waals surface area contributed by atoms with Crippen molar-refractivity contribution >= 4 is 11.0 Å². The van der Waals surface area contributed by atoms with Crippen LogP contribution in [0.4, 0.5) is 0 Å². The summed E-state index contributed by atoms with van der Waals surface area (Å²) >= 11 is 0. The smallest absolute Gasteiger partial charge is 0.117 e. The zero-order valence-electron chi connectivity index (χ0n) is 10.5. The Labute approximate surface area is 101 Å². The second-order valence-corrected chi connectivity index (χ2v) is 5.31. The maximum absolute atomic E-state index is 9.36. The first-order valence-corrected chi connectivity index (χ1v) is 5.87. The molecule has 4 nitrogen and oxygen atoms in total. The van der Waals surface area contributed by atoms with Gasteiger partial charge in [0, 0.05) is 24.6 Å². The fraction of sp³-hybridized carbons (Fsp3) is 0.462. The molecule has 1 aromatic heterocycles. The summed E-state index contributed by atoms with van der Waals surface area (Å²) in [6.07, 6.45) is 0.854. The largest absolute Gasteiger partial charge is 0.508 e. The van der Waals surface area contributed by atoms with E-state index < -0.39 is 0 Å². The molecule has 0 radical (unpaired) electrons. The molecule has 0 aliphatic heterocycles. The average Bonchev–Trinajstić information content (AvgIpc) is 2.57. The van der Waals surface area contributed by atoms with Crippen LogP contribution < -0.4 is 5.32 Å². The van der Waals surface area contributed by atoms with Gasteiger partial charge in [-0.3, -0.25) is 0 Å². The number of benzene rings is 1. The number of hydrogen-bond donors (Lipinski definition) is 3. The van der Waals surface area contributed by atoms with E-state index in [1.165, 1.54) is 0 Å². The molecule has 17 heavy (non-hydrogen) atoms. The Hall–Kier alpha value is -1.55. The van der Waals surface area contributed by atoms with Gasteiger partial charge in [-0.1, -0.05) is 0 Å². The normalized spacial score (nSPS) is 12.2. The van der Waals surface area contributed by atoms with Gasteiger partial charge in [-0.25, -0.2) is 4.98 Å². The highest BCUT2D eigenvalue weighted by Crippen LogP contribution is 2.17. The molecule has 0 aliphatic rings. The Morgan fingerprint density at radius 2 is 2.12 bits per heavy atom. The Balaban J connectivity index is 2.05. The summed E-state index contributed by atoms with van der Waals surface area (Å²) in [5, 5.41) is 12.8. The predicted octanol–water partition coefficient (Wildman–Crippen LogP) is 2.20. The number of nitrogens with zero attached hydrogens (tertiary/aromatic N) is 1. The SMILES string of the molecule is CC(C)(C)NCCc1nc2ccc(O)cc2[nH]1. The molecule has 0 spiro atoms. The lowest BCUT2D eigenvalue weighted by Crippen LogP contribution is -2.37. The van der Waals surface area contributed by atoms with E-state index in [1.54, 1.807) is 12.1 Å². The lowest BCUT2D eigenvalue weighted by molar-refractivity contribution is 0.428. The number of aromatic hydroxyl groups is 1. The number of hydrogen-bond acceptors (Lipinski definition) is 3. The first kappa shape index (κ1) is 11.9. The molecule has 0 saturated carbocycles. The first-order valence-electron chi connectivity index (χ1n) is 5.87. The topological polar surface area (TPSA) is 60.9 Å². The standard InChI is InChI=1S/C13H19N3O/c1-13(2,3)14-7-6-12-15-10-5-4-9(17)8-11(10)16-12/h4-5,8,14,17H,6-7H2,1-3H3,(H,15,16). The maximum atomic E-state index is 9.36. The zero-order valence-corrected chi connectivity index (χ0v) is 10.5. The third-order valence-corrected chi connectivity index (χ3v) is 2.53. The second kappa shape index (κ2) is 4.37. The van der Waals surface area contributed by atoms with E-state index in [0.29, 0.717) is 0 Å². The molecule has 0 amide bonds. The van der Waals surface area contributed by atoms with Gasteiger partial charge >= 0.3 is 0 Å². The Kier molecular flexibility index (Phi) is 3.07. The van der Waals surface area contributed by atoms with E-state index >= 15 is 0 Å². The summed E-state index contributed by atoms with van der Waals surface area (Å²) < 4.78 is 0. The van der Waals surface area contributed by atoms with Gasteiger partial charge in [0.1, 0.15) is 11.6 Å². The third-order valence-electron chi connectivity index (χ3n) is 2.53. The quantitative estimate of drug-likeness (QED) is 0.761. The fourth-order valence-electron chi connectivity index (χ4n) is 1.72. The molecule has 4 heteroatoms. The highest BCUT2D eigenvalue weighted by Gasteiger charge is 2.09. The molecular formula is C13H19N3O. The number of imidazole rings is 1. The molecule has 0 fully saturated rings. The molecule has 3 N–H and O–H groups in total. The van der Waals surface area contributed by atoms with Gasteiger partial charge in [0.05, 0.1) is 11.0 Å². The maximum Gasteiger partial charge on any atom is 0.117 e. The van der Waals surface area contributed by atoms with Crippen LogP contribution in [0.15, 0.2) is 18.2 Å². The molecule has 1 aromatic carbocycles. The Bertz CT molecular complexity index is 511. The first-order chi connectivity index (χ1) is 7.94. The van der Waals surface area contributed by atoms with Gasteiger partial charge in [0.2, 0.25) is 0 Å². The second-order valence-electron chi connectivity index (χ2n) is 5.31. The van der Waals surface area contributed by atoms with Crippen molar-refractivity contribution in [2.24, 2.45) is 0 Å². The van der Waals surface area contributed by atoms with E-state index in [2.05, 4.69) is 36.1 Å². The van der Waals surface area contributed by atoms with E-state index in [-0.39, 0.29) is 11.3 Å². The number of fused-ring (bicyclic) bond motifs is 1. The minimum Gasteiger partial charge on any atom is -0.508 e. The molecule has 0 bridgehead atoms. The molecule has 0 atom stereocenters. The number of H-pyrrole nitrogens is 1. The lowest BCUT2D eigenvalue weighted by atomic mass is 10.1. The zero-order chi connectivity index (χ0) is 12.5. The molecule has 1 heterocycles. The van der Waals surface area contributed by atoms with Gasteiger partial charge < -0.3 is 15.4 Å². The summed E-state index contributed by atoms with van der Waals surface area (Å²) in [4.78, 5) is 7.68. The molecular weight excluding hydrogens is 214 g/mol. The summed E-state index contributed by atoms with van der Waals surface area (Å²) in [7, 11) is 0. The van der Waals surface area contributed by atoms with Crippen LogP contribution in [0.5, 0.6) is 5.75 Å². The number of aromatic nitrogens is 2. The molecule has 0 unspecified atom stereocenters. The number of aromatic amines is 1. The molecule has 92 valence electrons. The lowest BCUT2D eigenvalue weighted by Gasteiger charge is -2.19. The minimum absolute atomic E-state index is 0.129. The van der Waals surface area contributed by atoms with E-state index in [9.17, 15) is 5.11 Å². The van der Waals surface area contributed by atoms with Gasteiger partial charge in [-0.2, -0.15) is 0 Å². The summed E-state index contributed by atoms with van der Waals surface area (Å²) in [6.45, 7) is 7.31. The monoisotopic (exact) mass is 233 g/mol. The van der Waals surface area contributed by atoms with Crippen molar-refractivity contribution < 1.29 is 5.11 Å². The van der Waals surface area contributed by atoms with Crippen LogP contribution in [-0.2, 0) is 6.42 Å². The van der Waals surface area contributed by atoms with Crippen molar-refractivity contribution in [1.29, 1.82) is 0 Å². The number of phenols is 1. The van der Waals surface area contributed by atoms with Crippen molar-refractivity contribution in [3.63, 3.8) is 0 Å². The van der Waals surface area contributed by atoms with E-state index in [4.69, 9.17) is 0 Å². The van der Waals surface area contributed by atoms with E-state index in [0.717, 1.165) is 29.8 Å². The van der Waals surface area contributed by atoms with Crippen molar-refractivity contribution in [1.82, 2.24) is 15.3 Å². The van der Waals surface area contributed by atoms with Crippen molar-refractivity contribution in [3.05, 3.63) is 24.0 Å². The third kappa shape index (κ3) is 3.20. The van der Waals surface area contributed by atoms with Crippen LogP contribution in [0.25, 0.3) is 11.0 Å². The van der Waals surface area contributed by atoms with Crippen LogP contribution in [0.1, 0.15) is 26.6 Å². The van der Waals surface area contributed by atoms with Gasteiger partial charge in [-0.05, 0) is 32.9 Å². The number of phenolic OH excluding ortho intramolecular Hbond substituents is 1. The van der Waals surface area contributed by atoms with Crippen LogP contribution in [0.3, 0.4) is 0 Å². The summed E-state index contributed by atoms with van der Waals surface area (Å²) in [5.74, 6) is 1.21. The molecule has 0 saturated heterocycles. The minimum atomic E-state index is 0.129. The van der Waals surface area contributed by atoms with E-state index in [1.807, 2.05) is 6.07 Å². The Morgan fingerprint density at radius 1 is 1.35 bits per heavy atom. The molecule has 0 aliphatic carbocycles. The average molecular weight is 233 g/mol. The van der Waals surface area contributed by atoms with Crippen molar-refractivity contribution in [2.45, 2.75) is 32.7 Å². The van der Waals surface area contributed by atoms with Gasteiger partial charge in [-0.15, -0.1) is 0 Å². The molecule has 2 aromatic rings. The fourth-order valence-corrected chi connectivity index (χ4v) is 1.72. The van der Waals surface area contributed by atoms with Crippen LogP contribution >= 0.6 is 0 Å². The highest BCUT2D eigenvalue weighted by atomic mass is 16.3. The van der Waals surface area contributed by atoms with Crippen molar-refractivity contribution in [3.8, 4) is 5.75 Å². The van der Waals surface area contributed by atoms with Gasteiger partial charge in [0.25, 0.3) is 0 Å². The summed E-state index contributed by atoms with van der Waals surface area (Å²) in [6, 6.07) is 5.17. The number of rotatable bonds is 3. The summed E-state index contributed by atoms with van der Waals surface area (Å²) in [5.41, 5.74) is 1.91. The number of nitrogens with one attached hydrogen (secondary N) is 2. The Morgan fingerprint density at radius 3 is 2.82 bits per heavy atom. The van der Waals surface area contributed by atoms with Crippen molar-refractivity contribution in [2.75, 3.05) is 6.54 Å². The van der Waals surface area contributed by atoms with Crippen LogP contribution in [0.2, 0.25) is 0 Å². The molecule has 2 rings (SSSR count).